The van der Waals surface area contributed by atoms with Gasteiger partial charge < -0.3 is 29.5 Å². The summed E-state index contributed by atoms with van der Waals surface area (Å²) in [5.41, 5.74) is 3.43. The summed E-state index contributed by atoms with van der Waals surface area (Å²) >= 11 is 0. The lowest BCUT2D eigenvalue weighted by Gasteiger charge is -2.43. The molecule has 3 aromatic rings. The van der Waals surface area contributed by atoms with Gasteiger partial charge in [0.2, 0.25) is 0 Å². The Bertz CT molecular complexity index is 1460. The first-order valence-corrected chi connectivity index (χ1v) is 13.0. The minimum atomic E-state index is -1.16. The Balaban J connectivity index is 1.28. The van der Waals surface area contributed by atoms with Crippen molar-refractivity contribution >= 4 is 29.3 Å². The van der Waals surface area contributed by atoms with Crippen LogP contribution in [-0.2, 0) is 19.9 Å². The molecule has 0 amide bonds. The molecular formula is C30H26N2O7. The lowest BCUT2D eigenvalue weighted by Crippen LogP contribution is -2.47. The van der Waals surface area contributed by atoms with Gasteiger partial charge in [-0.2, -0.15) is 0 Å². The summed E-state index contributed by atoms with van der Waals surface area (Å²) in [7, 11) is 0. The number of fused-ring (bicyclic) bond motifs is 6. The van der Waals surface area contributed by atoms with E-state index in [2.05, 4.69) is 9.80 Å². The first-order chi connectivity index (χ1) is 18.8. The SMILES string of the molecule is O=C(O)CC1CN(c2ccc3c(c2)Oc2cc(N4CC(CC(=O)O)C4)ccc2C32OC(=O)c3ccccc32)C1. The van der Waals surface area contributed by atoms with Gasteiger partial charge >= 0.3 is 17.9 Å². The number of hydrogen-bond acceptors (Lipinski definition) is 7. The van der Waals surface area contributed by atoms with Gasteiger partial charge in [0.05, 0.1) is 18.4 Å². The van der Waals surface area contributed by atoms with E-state index in [0.29, 0.717) is 43.2 Å². The summed E-state index contributed by atoms with van der Waals surface area (Å²) in [5, 5.41) is 18.2. The van der Waals surface area contributed by atoms with E-state index in [0.717, 1.165) is 28.1 Å². The number of carboxylic acids is 2. The molecule has 0 aromatic heterocycles. The van der Waals surface area contributed by atoms with Crippen molar-refractivity contribution in [3.8, 4) is 11.5 Å². The molecule has 4 aliphatic rings. The van der Waals surface area contributed by atoms with Crippen LogP contribution >= 0.6 is 0 Å². The molecule has 2 saturated heterocycles. The average molecular weight is 527 g/mol. The van der Waals surface area contributed by atoms with E-state index in [-0.39, 0.29) is 24.7 Å². The highest BCUT2D eigenvalue weighted by Crippen LogP contribution is 2.57. The Kier molecular flexibility index (Phi) is 5.13. The Morgan fingerprint density at radius 1 is 0.769 bits per heavy atom. The van der Waals surface area contributed by atoms with Crippen LogP contribution in [0.3, 0.4) is 0 Å². The number of nitrogens with zero attached hydrogens (tertiary/aromatic N) is 2. The van der Waals surface area contributed by atoms with Crippen molar-refractivity contribution in [2.24, 2.45) is 11.8 Å². The first-order valence-electron chi connectivity index (χ1n) is 13.0. The number of carbonyl (C=O) groups is 3. The van der Waals surface area contributed by atoms with Gasteiger partial charge in [0.25, 0.3) is 0 Å². The van der Waals surface area contributed by atoms with Crippen LogP contribution in [0, 0.1) is 11.8 Å². The third-order valence-electron chi connectivity index (χ3n) is 8.25. The second-order valence-electron chi connectivity index (χ2n) is 10.8. The van der Waals surface area contributed by atoms with Gasteiger partial charge in [-0.3, -0.25) is 9.59 Å². The van der Waals surface area contributed by atoms with Gasteiger partial charge in [-0.15, -0.1) is 0 Å². The number of aliphatic carboxylic acids is 2. The summed E-state index contributed by atoms with van der Waals surface area (Å²) in [4.78, 5) is 39.5. The highest BCUT2D eigenvalue weighted by molar-refractivity contribution is 5.97. The summed E-state index contributed by atoms with van der Waals surface area (Å²) in [6.45, 7) is 2.62. The van der Waals surface area contributed by atoms with E-state index in [1.54, 1.807) is 6.07 Å². The fourth-order valence-corrected chi connectivity index (χ4v) is 6.36. The van der Waals surface area contributed by atoms with Crippen LogP contribution in [-0.4, -0.2) is 54.3 Å². The van der Waals surface area contributed by atoms with E-state index in [4.69, 9.17) is 19.7 Å². The molecule has 0 bridgehead atoms. The highest BCUT2D eigenvalue weighted by Gasteiger charge is 2.53. The van der Waals surface area contributed by atoms with Crippen LogP contribution in [0.5, 0.6) is 11.5 Å². The predicted octanol–water partition coefficient (Wildman–Crippen LogP) is 4.08. The first kappa shape index (κ1) is 23.6. The Labute approximate surface area is 224 Å². The van der Waals surface area contributed by atoms with Crippen molar-refractivity contribution in [1.29, 1.82) is 0 Å². The number of carboxylic acid groups (broad SMARTS) is 2. The van der Waals surface area contributed by atoms with Crippen molar-refractivity contribution in [3.05, 3.63) is 82.9 Å². The third kappa shape index (κ3) is 3.64. The van der Waals surface area contributed by atoms with Gasteiger partial charge in [-0.25, -0.2) is 4.79 Å². The molecule has 198 valence electrons. The van der Waals surface area contributed by atoms with Crippen LogP contribution in [0.15, 0.2) is 60.7 Å². The van der Waals surface area contributed by atoms with Crippen molar-refractivity contribution in [2.75, 3.05) is 36.0 Å². The van der Waals surface area contributed by atoms with Gasteiger partial charge in [0.1, 0.15) is 11.5 Å². The number of benzene rings is 3. The van der Waals surface area contributed by atoms with Gasteiger partial charge in [0, 0.05) is 78.2 Å². The maximum absolute atomic E-state index is 13.1. The second-order valence-corrected chi connectivity index (χ2v) is 10.8. The summed E-state index contributed by atoms with van der Waals surface area (Å²) < 4.78 is 12.7. The quantitative estimate of drug-likeness (QED) is 0.458. The van der Waals surface area contributed by atoms with Gasteiger partial charge in [0.15, 0.2) is 5.60 Å². The molecule has 4 aliphatic heterocycles. The minimum Gasteiger partial charge on any atom is -0.481 e. The standard InChI is InChI=1S/C30H26N2O7/c33-27(34)9-17-13-31(14-17)19-5-7-23-25(11-19)38-26-12-20(32-15-18(16-32)10-28(35)36)6-8-24(26)30(23)22-4-2-1-3-21(22)29(37)39-30/h1-8,11-12,17-18H,9-10,13-16H2,(H,33,34)(H,35,36). The number of rotatable bonds is 6. The molecule has 4 heterocycles. The van der Waals surface area contributed by atoms with E-state index in [1.807, 2.05) is 54.6 Å². The van der Waals surface area contributed by atoms with Crippen LogP contribution < -0.4 is 14.5 Å². The van der Waals surface area contributed by atoms with E-state index >= 15 is 0 Å². The van der Waals surface area contributed by atoms with Gasteiger partial charge in [-0.1, -0.05) is 18.2 Å². The monoisotopic (exact) mass is 526 g/mol. The predicted molar refractivity (Wildman–Crippen MR) is 141 cm³/mol. The topological polar surface area (TPSA) is 117 Å². The number of ether oxygens (including phenoxy) is 2. The second kappa shape index (κ2) is 8.49. The molecular weight excluding hydrogens is 500 g/mol. The maximum atomic E-state index is 13.1. The minimum absolute atomic E-state index is 0.109. The van der Waals surface area contributed by atoms with Crippen molar-refractivity contribution < 1.29 is 34.1 Å². The Hall–Kier alpha value is -4.53. The Morgan fingerprint density at radius 3 is 1.79 bits per heavy atom. The molecule has 7 rings (SSSR count). The number of esters is 1. The molecule has 9 heteroatoms. The lowest BCUT2D eigenvalue weighted by atomic mass is 9.77. The maximum Gasteiger partial charge on any atom is 0.340 e. The fraction of sp³-hybridized carbons (Fsp3) is 0.300. The molecule has 3 aromatic carbocycles. The van der Waals surface area contributed by atoms with Crippen LogP contribution in [0.2, 0.25) is 0 Å². The molecule has 0 saturated carbocycles. The molecule has 9 nitrogen and oxygen atoms in total. The smallest absolute Gasteiger partial charge is 0.340 e. The molecule has 2 fully saturated rings. The third-order valence-corrected chi connectivity index (χ3v) is 8.25. The number of anilines is 2. The summed E-state index contributed by atoms with van der Waals surface area (Å²) in [5.74, 6) is -0.596. The summed E-state index contributed by atoms with van der Waals surface area (Å²) in [6.07, 6.45) is 0.293. The molecule has 39 heavy (non-hydrogen) atoms. The van der Waals surface area contributed by atoms with Crippen molar-refractivity contribution in [3.63, 3.8) is 0 Å². The van der Waals surface area contributed by atoms with E-state index in [1.165, 1.54) is 0 Å². The molecule has 0 atom stereocenters. The zero-order valence-electron chi connectivity index (χ0n) is 21.0. The van der Waals surface area contributed by atoms with Crippen LogP contribution in [0.1, 0.15) is 39.9 Å². The molecule has 0 radical (unpaired) electrons. The van der Waals surface area contributed by atoms with Gasteiger partial charge in [-0.05, 0) is 30.3 Å². The lowest BCUT2D eigenvalue weighted by molar-refractivity contribution is -0.139. The largest absolute Gasteiger partial charge is 0.481 e. The zero-order valence-corrected chi connectivity index (χ0v) is 21.0. The molecule has 0 unspecified atom stereocenters. The number of carbonyl (C=O) groups excluding carboxylic acids is 1. The highest BCUT2D eigenvalue weighted by atomic mass is 16.6. The zero-order chi connectivity index (χ0) is 26.9. The molecule has 1 spiro atoms. The van der Waals surface area contributed by atoms with E-state index < -0.39 is 23.5 Å². The molecule has 2 N–H and O–H groups in total. The normalized spacial score (nSPS) is 18.8. The molecule has 0 aliphatic carbocycles. The number of hydrogen-bond donors (Lipinski definition) is 2. The Morgan fingerprint density at radius 2 is 1.28 bits per heavy atom. The van der Waals surface area contributed by atoms with Crippen molar-refractivity contribution in [1.82, 2.24) is 0 Å². The fourth-order valence-electron chi connectivity index (χ4n) is 6.36. The van der Waals surface area contributed by atoms with E-state index in [9.17, 15) is 14.4 Å². The average Bonchev–Trinajstić information content (AvgIpc) is 3.15. The van der Waals surface area contributed by atoms with Crippen LogP contribution in [0.25, 0.3) is 0 Å². The van der Waals surface area contributed by atoms with Crippen molar-refractivity contribution in [2.45, 2.75) is 18.4 Å². The van der Waals surface area contributed by atoms with Crippen LogP contribution in [0.4, 0.5) is 11.4 Å². The summed E-state index contributed by atoms with van der Waals surface area (Å²) in [6, 6.07) is 19.1.